The van der Waals surface area contributed by atoms with Crippen molar-refractivity contribution in [1.29, 1.82) is 0 Å². The molecule has 0 aliphatic carbocycles. The Morgan fingerprint density at radius 2 is 1.76 bits per heavy atom. The summed E-state index contributed by atoms with van der Waals surface area (Å²) < 4.78 is 0. The van der Waals surface area contributed by atoms with Crippen LogP contribution in [-0.4, -0.2) is 36.1 Å². The monoisotopic (exact) mass is 238 g/mol. The van der Waals surface area contributed by atoms with Crippen LogP contribution in [0, 0.1) is 5.92 Å². The van der Waals surface area contributed by atoms with Crippen molar-refractivity contribution in [3.05, 3.63) is 0 Å². The van der Waals surface area contributed by atoms with Gasteiger partial charge in [-0.1, -0.05) is 27.2 Å². The van der Waals surface area contributed by atoms with Crippen molar-refractivity contribution in [2.24, 2.45) is 5.92 Å². The highest BCUT2D eigenvalue weighted by Crippen LogP contribution is 2.37. The standard InChI is InChI=1S/C15H30N2/c1-5-15(11(2)3)17-13-7-6-8-14(17)10-12(9-13)16-4/h11-16H,5-10H2,1-4H3. The Morgan fingerprint density at radius 3 is 2.18 bits per heavy atom. The minimum absolute atomic E-state index is 0.770. The first-order valence-corrected chi connectivity index (χ1v) is 7.62. The molecule has 0 aromatic rings. The largest absolute Gasteiger partial charge is 0.317 e. The highest BCUT2D eigenvalue weighted by Gasteiger charge is 2.41. The van der Waals surface area contributed by atoms with Gasteiger partial charge in [-0.25, -0.2) is 0 Å². The zero-order valence-corrected chi connectivity index (χ0v) is 12.1. The minimum atomic E-state index is 0.770. The maximum Gasteiger partial charge on any atom is 0.0121 e. The third-order valence-corrected chi connectivity index (χ3v) is 5.01. The lowest BCUT2D eigenvalue weighted by Crippen LogP contribution is -2.60. The Labute approximate surface area is 107 Å². The van der Waals surface area contributed by atoms with E-state index in [1.54, 1.807) is 0 Å². The molecule has 100 valence electrons. The summed E-state index contributed by atoms with van der Waals surface area (Å²) in [6.45, 7) is 7.16. The Balaban J connectivity index is 2.11. The van der Waals surface area contributed by atoms with Gasteiger partial charge in [0.25, 0.3) is 0 Å². The van der Waals surface area contributed by atoms with E-state index in [0.29, 0.717) is 0 Å². The van der Waals surface area contributed by atoms with Crippen LogP contribution in [0.25, 0.3) is 0 Å². The SMILES string of the molecule is CCC(C(C)C)N1C2CCCC1CC(NC)C2. The molecule has 2 aliphatic rings. The third-order valence-electron chi connectivity index (χ3n) is 5.01. The quantitative estimate of drug-likeness (QED) is 0.810. The van der Waals surface area contributed by atoms with Crippen LogP contribution in [-0.2, 0) is 0 Å². The topological polar surface area (TPSA) is 15.3 Å². The van der Waals surface area contributed by atoms with Crippen LogP contribution in [0.3, 0.4) is 0 Å². The summed E-state index contributed by atoms with van der Waals surface area (Å²) in [5.41, 5.74) is 0. The summed E-state index contributed by atoms with van der Waals surface area (Å²) in [6, 6.07) is 3.29. The summed E-state index contributed by atoms with van der Waals surface area (Å²) in [6.07, 6.45) is 8.37. The second-order valence-corrected chi connectivity index (χ2v) is 6.36. The van der Waals surface area contributed by atoms with Crippen LogP contribution in [0.1, 0.15) is 59.3 Å². The average Bonchev–Trinajstić information content (AvgIpc) is 2.28. The average molecular weight is 238 g/mol. The predicted molar refractivity (Wildman–Crippen MR) is 74.3 cm³/mol. The maximum absolute atomic E-state index is 3.51. The fourth-order valence-corrected chi connectivity index (χ4v) is 4.22. The van der Waals surface area contributed by atoms with E-state index in [4.69, 9.17) is 0 Å². The molecule has 0 saturated carbocycles. The van der Waals surface area contributed by atoms with Crippen molar-refractivity contribution in [2.75, 3.05) is 7.05 Å². The van der Waals surface area contributed by atoms with Gasteiger partial charge in [0.15, 0.2) is 0 Å². The Kier molecular flexibility index (Phi) is 4.48. The molecule has 3 atom stereocenters. The first-order valence-electron chi connectivity index (χ1n) is 7.62. The van der Waals surface area contributed by atoms with Crippen LogP contribution in [0.5, 0.6) is 0 Å². The Bertz CT molecular complexity index is 225. The third kappa shape index (κ3) is 2.68. The van der Waals surface area contributed by atoms with Gasteiger partial charge in [-0.05, 0) is 45.1 Å². The Morgan fingerprint density at radius 1 is 1.18 bits per heavy atom. The molecule has 0 aromatic heterocycles. The fourth-order valence-electron chi connectivity index (χ4n) is 4.22. The molecular formula is C15H30N2. The van der Waals surface area contributed by atoms with E-state index in [2.05, 4.69) is 38.0 Å². The van der Waals surface area contributed by atoms with E-state index < -0.39 is 0 Å². The van der Waals surface area contributed by atoms with Crippen molar-refractivity contribution in [3.8, 4) is 0 Å². The number of rotatable bonds is 4. The fraction of sp³-hybridized carbons (Fsp3) is 1.00. The molecule has 2 aliphatic heterocycles. The molecule has 0 aromatic carbocycles. The molecule has 2 heterocycles. The van der Waals surface area contributed by atoms with E-state index in [9.17, 15) is 0 Å². The number of hydrogen-bond donors (Lipinski definition) is 1. The molecule has 2 rings (SSSR count). The summed E-state index contributed by atoms with van der Waals surface area (Å²) in [7, 11) is 2.13. The lowest BCUT2D eigenvalue weighted by molar-refractivity contribution is -0.0258. The van der Waals surface area contributed by atoms with E-state index in [1.807, 2.05) is 0 Å². The van der Waals surface area contributed by atoms with Crippen LogP contribution in [0.2, 0.25) is 0 Å². The van der Waals surface area contributed by atoms with Crippen molar-refractivity contribution < 1.29 is 0 Å². The number of fused-ring (bicyclic) bond motifs is 2. The normalized spacial score (nSPS) is 36.2. The zero-order valence-electron chi connectivity index (χ0n) is 12.1. The van der Waals surface area contributed by atoms with E-state index in [0.717, 1.165) is 30.1 Å². The number of nitrogens with zero attached hydrogens (tertiary/aromatic N) is 1. The molecule has 3 unspecified atom stereocenters. The molecule has 2 fully saturated rings. The van der Waals surface area contributed by atoms with Gasteiger partial charge in [0.1, 0.15) is 0 Å². The second-order valence-electron chi connectivity index (χ2n) is 6.36. The first kappa shape index (κ1) is 13.4. The molecule has 2 bridgehead atoms. The Hall–Kier alpha value is -0.0800. The summed E-state index contributed by atoms with van der Waals surface area (Å²) in [4.78, 5) is 2.90. The number of hydrogen-bond acceptors (Lipinski definition) is 2. The molecule has 0 radical (unpaired) electrons. The van der Waals surface area contributed by atoms with Gasteiger partial charge >= 0.3 is 0 Å². The van der Waals surface area contributed by atoms with Crippen LogP contribution < -0.4 is 5.32 Å². The molecule has 1 N–H and O–H groups in total. The first-order chi connectivity index (χ1) is 8.17. The number of nitrogens with one attached hydrogen (secondary N) is 1. The molecule has 0 spiro atoms. The summed E-state index contributed by atoms with van der Waals surface area (Å²) >= 11 is 0. The molecule has 2 heteroatoms. The van der Waals surface area contributed by atoms with E-state index in [1.165, 1.54) is 38.5 Å². The molecule has 0 amide bonds. The van der Waals surface area contributed by atoms with E-state index in [-0.39, 0.29) is 0 Å². The second kappa shape index (κ2) is 5.71. The van der Waals surface area contributed by atoms with Crippen molar-refractivity contribution in [3.63, 3.8) is 0 Å². The maximum atomic E-state index is 3.51. The highest BCUT2D eigenvalue weighted by molar-refractivity contribution is 4.97. The highest BCUT2D eigenvalue weighted by atomic mass is 15.2. The van der Waals surface area contributed by atoms with Gasteiger partial charge in [0, 0.05) is 24.2 Å². The summed E-state index contributed by atoms with van der Waals surface area (Å²) in [5, 5.41) is 3.51. The minimum Gasteiger partial charge on any atom is -0.317 e. The van der Waals surface area contributed by atoms with Gasteiger partial charge in [-0.15, -0.1) is 0 Å². The van der Waals surface area contributed by atoms with Gasteiger partial charge in [0.2, 0.25) is 0 Å². The molecule has 17 heavy (non-hydrogen) atoms. The summed E-state index contributed by atoms with van der Waals surface area (Å²) in [5.74, 6) is 0.800. The smallest absolute Gasteiger partial charge is 0.0121 e. The van der Waals surface area contributed by atoms with Crippen LogP contribution in [0.4, 0.5) is 0 Å². The van der Waals surface area contributed by atoms with Crippen molar-refractivity contribution in [2.45, 2.75) is 83.5 Å². The zero-order chi connectivity index (χ0) is 12.4. The lowest BCUT2D eigenvalue weighted by atomic mass is 9.79. The van der Waals surface area contributed by atoms with Gasteiger partial charge in [0.05, 0.1) is 0 Å². The van der Waals surface area contributed by atoms with Crippen molar-refractivity contribution in [1.82, 2.24) is 10.2 Å². The van der Waals surface area contributed by atoms with E-state index >= 15 is 0 Å². The van der Waals surface area contributed by atoms with Gasteiger partial charge in [-0.2, -0.15) is 0 Å². The number of piperidine rings is 2. The molecular weight excluding hydrogens is 208 g/mol. The van der Waals surface area contributed by atoms with Crippen LogP contribution in [0.15, 0.2) is 0 Å². The molecule has 2 nitrogen and oxygen atoms in total. The lowest BCUT2D eigenvalue weighted by Gasteiger charge is -2.53. The predicted octanol–water partition coefficient (Wildman–Crippen LogP) is 3.03. The van der Waals surface area contributed by atoms with Crippen LogP contribution >= 0.6 is 0 Å². The van der Waals surface area contributed by atoms with Gasteiger partial charge < -0.3 is 5.32 Å². The van der Waals surface area contributed by atoms with Crippen molar-refractivity contribution >= 4 is 0 Å². The van der Waals surface area contributed by atoms with Gasteiger partial charge in [-0.3, -0.25) is 4.90 Å². The molecule has 2 saturated heterocycles.